The van der Waals surface area contributed by atoms with Gasteiger partial charge in [-0.1, -0.05) is 12.8 Å². The first-order valence-corrected chi connectivity index (χ1v) is 6.14. The SMILES string of the molecule is CC(Nc1ccc(N)c(C#N)n1)C1CCCC1. The first-order chi connectivity index (χ1) is 8.20. The third-order valence-corrected chi connectivity index (χ3v) is 3.51. The molecule has 90 valence electrons. The molecule has 4 heteroatoms. The number of nitrogens with two attached hydrogens (primary N) is 1. The summed E-state index contributed by atoms with van der Waals surface area (Å²) in [5.41, 5.74) is 6.38. The number of nitriles is 1. The van der Waals surface area contributed by atoms with E-state index < -0.39 is 0 Å². The summed E-state index contributed by atoms with van der Waals surface area (Å²) < 4.78 is 0. The van der Waals surface area contributed by atoms with Crippen molar-refractivity contribution in [3.8, 4) is 6.07 Å². The zero-order valence-corrected chi connectivity index (χ0v) is 10.1. The van der Waals surface area contributed by atoms with Crippen LogP contribution in [0.4, 0.5) is 11.5 Å². The van der Waals surface area contributed by atoms with Gasteiger partial charge in [0.05, 0.1) is 5.69 Å². The van der Waals surface area contributed by atoms with E-state index in [1.807, 2.05) is 12.1 Å². The summed E-state index contributed by atoms with van der Waals surface area (Å²) in [5, 5.41) is 12.2. The van der Waals surface area contributed by atoms with E-state index in [9.17, 15) is 0 Å². The molecule has 2 rings (SSSR count). The maximum atomic E-state index is 8.87. The lowest BCUT2D eigenvalue weighted by Gasteiger charge is -2.21. The van der Waals surface area contributed by atoms with Gasteiger partial charge >= 0.3 is 0 Å². The van der Waals surface area contributed by atoms with Gasteiger partial charge in [-0.15, -0.1) is 0 Å². The Hall–Kier alpha value is -1.76. The molecule has 0 aromatic carbocycles. The van der Waals surface area contributed by atoms with Crippen molar-refractivity contribution in [1.29, 1.82) is 5.26 Å². The maximum Gasteiger partial charge on any atom is 0.165 e. The number of rotatable bonds is 3. The quantitative estimate of drug-likeness (QED) is 0.836. The molecule has 1 heterocycles. The summed E-state index contributed by atoms with van der Waals surface area (Å²) in [6, 6.07) is 5.97. The zero-order chi connectivity index (χ0) is 12.3. The molecule has 0 radical (unpaired) electrons. The fourth-order valence-electron chi connectivity index (χ4n) is 2.45. The molecule has 1 aliphatic carbocycles. The molecule has 1 aliphatic rings. The van der Waals surface area contributed by atoms with Gasteiger partial charge in [0, 0.05) is 6.04 Å². The Balaban J connectivity index is 2.05. The van der Waals surface area contributed by atoms with Crippen molar-refractivity contribution in [3.63, 3.8) is 0 Å². The zero-order valence-electron chi connectivity index (χ0n) is 10.1. The van der Waals surface area contributed by atoms with Crippen molar-refractivity contribution < 1.29 is 0 Å². The second-order valence-electron chi connectivity index (χ2n) is 4.72. The molecule has 0 saturated heterocycles. The fourth-order valence-corrected chi connectivity index (χ4v) is 2.45. The van der Waals surface area contributed by atoms with Gasteiger partial charge in [-0.3, -0.25) is 0 Å². The smallest absolute Gasteiger partial charge is 0.165 e. The number of nitrogens with one attached hydrogen (secondary N) is 1. The van der Waals surface area contributed by atoms with Crippen LogP contribution in [0.3, 0.4) is 0 Å². The summed E-state index contributed by atoms with van der Waals surface area (Å²) in [6.45, 7) is 2.18. The number of anilines is 2. The summed E-state index contributed by atoms with van der Waals surface area (Å²) in [5.74, 6) is 1.47. The van der Waals surface area contributed by atoms with E-state index in [0.29, 0.717) is 17.4 Å². The van der Waals surface area contributed by atoms with Gasteiger partial charge in [-0.2, -0.15) is 5.26 Å². The van der Waals surface area contributed by atoms with E-state index in [-0.39, 0.29) is 0 Å². The first-order valence-electron chi connectivity index (χ1n) is 6.14. The average Bonchev–Trinajstić information content (AvgIpc) is 2.85. The maximum absolute atomic E-state index is 8.87. The van der Waals surface area contributed by atoms with E-state index >= 15 is 0 Å². The predicted molar refractivity (Wildman–Crippen MR) is 68.4 cm³/mol. The highest BCUT2D eigenvalue weighted by Gasteiger charge is 2.21. The summed E-state index contributed by atoms with van der Waals surface area (Å²) in [4.78, 5) is 4.20. The third-order valence-electron chi connectivity index (χ3n) is 3.51. The van der Waals surface area contributed by atoms with Crippen LogP contribution in [0, 0.1) is 17.2 Å². The summed E-state index contributed by atoms with van der Waals surface area (Å²) in [7, 11) is 0. The van der Waals surface area contributed by atoms with Gasteiger partial charge in [0.25, 0.3) is 0 Å². The minimum atomic E-state index is 0.300. The highest BCUT2D eigenvalue weighted by molar-refractivity contribution is 5.54. The molecule has 1 aromatic rings. The monoisotopic (exact) mass is 230 g/mol. The molecule has 0 amide bonds. The molecule has 4 nitrogen and oxygen atoms in total. The second-order valence-corrected chi connectivity index (χ2v) is 4.72. The van der Waals surface area contributed by atoms with Crippen LogP contribution < -0.4 is 11.1 Å². The van der Waals surface area contributed by atoms with Crippen molar-refractivity contribution in [2.75, 3.05) is 11.1 Å². The number of pyridine rings is 1. The number of nitrogens with zero attached hydrogens (tertiary/aromatic N) is 2. The number of hydrogen-bond donors (Lipinski definition) is 2. The van der Waals surface area contributed by atoms with Crippen LogP contribution >= 0.6 is 0 Å². The molecular formula is C13H18N4. The highest BCUT2D eigenvalue weighted by Crippen LogP contribution is 2.29. The lowest BCUT2D eigenvalue weighted by atomic mass is 10.00. The van der Waals surface area contributed by atoms with E-state index in [4.69, 9.17) is 11.0 Å². The second kappa shape index (κ2) is 5.05. The Morgan fingerprint density at radius 2 is 2.18 bits per heavy atom. The molecule has 0 spiro atoms. The van der Waals surface area contributed by atoms with Crippen molar-refractivity contribution in [2.45, 2.75) is 38.6 Å². The van der Waals surface area contributed by atoms with Gasteiger partial charge in [-0.25, -0.2) is 4.98 Å². The van der Waals surface area contributed by atoms with Crippen LogP contribution in [0.2, 0.25) is 0 Å². The first kappa shape index (κ1) is 11.7. The third kappa shape index (κ3) is 2.68. The van der Waals surface area contributed by atoms with Crippen LogP contribution in [0.25, 0.3) is 0 Å². The molecule has 1 fully saturated rings. The van der Waals surface area contributed by atoms with Crippen LogP contribution in [0.1, 0.15) is 38.3 Å². The topological polar surface area (TPSA) is 74.7 Å². The molecule has 0 aliphatic heterocycles. The molecule has 0 bridgehead atoms. The number of nitrogen functional groups attached to an aromatic ring is 1. The van der Waals surface area contributed by atoms with Gasteiger partial charge in [0.15, 0.2) is 5.69 Å². The summed E-state index contributed by atoms with van der Waals surface area (Å²) >= 11 is 0. The van der Waals surface area contributed by atoms with E-state index in [1.165, 1.54) is 25.7 Å². The number of hydrogen-bond acceptors (Lipinski definition) is 4. The largest absolute Gasteiger partial charge is 0.396 e. The van der Waals surface area contributed by atoms with Gasteiger partial charge in [-0.05, 0) is 37.8 Å². The van der Waals surface area contributed by atoms with Gasteiger partial charge in [0.2, 0.25) is 0 Å². The molecule has 1 aromatic heterocycles. The van der Waals surface area contributed by atoms with Crippen molar-refractivity contribution in [1.82, 2.24) is 4.98 Å². The average molecular weight is 230 g/mol. The summed E-state index contributed by atoms with van der Waals surface area (Å²) in [6.07, 6.45) is 5.23. The Bertz CT molecular complexity index is 430. The number of aromatic nitrogens is 1. The van der Waals surface area contributed by atoms with Crippen LogP contribution in [-0.2, 0) is 0 Å². The van der Waals surface area contributed by atoms with Crippen LogP contribution in [0.15, 0.2) is 12.1 Å². The molecule has 1 saturated carbocycles. The highest BCUT2D eigenvalue weighted by atomic mass is 15.0. The minimum Gasteiger partial charge on any atom is -0.396 e. The molecule has 1 atom stereocenters. The Labute approximate surface area is 102 Å². The van der Waals surface area contributed by atoms with E-state index in [1.54, 1.807) is 6.07 Å². The Morgan fingerprint density at radius 3 is 2.82 bits per heavy atom. The van der Waals surface area contributed by atoms with Crippen molar-refractivity contribution in [3.05, 3.63) is 17.8 Å². The fraction of sp³-hybridized carbons (Fsp3) is 0.538. The molecule has 17 heavy (non-hydrogen) atoms. The predicted octanol–water partition coefficient (Wildman–Crippen LogP) is 2.53. The Kier molecular flexibility index (Phi) is 3.48. The van der Waals surface area contributed by atoms with Crippen molar-refractivity contribution >= 4 is 11.5 Å². The van der Waals surface area contributed by atoms with E-state index in [2.05, 4.69) is 17.2 Å². The Morgan fingerprint density at radius 1 is 1.47 bits per heavy atom. The standard InChI is InChI=1S/C13H18N4/c1-9(10-4-2-3-5-10)16-13-7-6-11(15)12(8-14)17-13/h6-7,9-10H,2-5,15H2,1H3,(H,16,17). The van der Waals surface area contributed by atoms with Crippen LogP contribution in [0.5, 0.6) is 0 Å². The molecule has 1 unspecified atom stereocenters. The molecular weight excluding hydrogens is 212 g/mol. The van der Waals surface area contributed by atoms with Crippen molar-refractivity contribution in [2.24, 2.45) is 5.92 Å². The lowest BCUT2D eigenvalue weighted by molar-refractivity contribution is 0.481. The minimum absolute atomic E-state index is 0.300. The molecule has 3 N–H and O–H groups in total. The van der Waals surface area contributed by atoms with Crippen LogP contribution in [-0.4, -0.2) is 11.0 Å². The van der Waals surface area contributed by atoms with Gasteiger partial charge in [0.1, 0.15) is 11.9 Å². The normalized spacial score (nSPS) is 17.6. The lowest BCUT2D eigenvalue weighted by Crippen LogP contribution is -2.24. The van der Waals surface area contributed by atoms with Gasteiger partial charge < -0.3 is 11.1 Å². The van der Waals surface area contributed by atoms with E-state index in [0.717, 1.165) is 11.7 Å².